The summed E-state index contributed by atoms with van der Waals surface area (Å²) in [5, 5.41) is 0. The predicted octanol–water partition coefficient (Wildman–Crippen LogP) is 3.33. The van der Waals surface area contributed by atoms with Gasteiger partial charge < -0.3 is 0 Å². The molecule has 0 N–H and O–H groups in total. The Kier molecular flexibility index (Phi) is 2.01. The summed E-state index contributed by atoms with van der Waals surface area (Å²) in [5.41, 5.74) is 0.724. The van der Waals surface area contributed by atoms with Gasteiger partial charge in [0.2, 0.25) is 0 Å². The van der Waals surface area contributed by atoms with Crippen LogP contribution in [0.25, 0.3) is 0 Å². The lowest BCUT2D eigenvalue weighted by atomic mass is 9.53. The van der Waals surface area contributed by atoms with Crippen molar-refractivity contribution in [2.45, 2.75) is 58.8 Å². The molecule has 0 aromatic carbocycles. The molecule has 0 unspecified atom stereocenters. The Morgan fingerprint density at radius 3 is 1.92 bits per heavy atom. The summed E-state index contributed by atoms with van der Waals surface area (Å²) in [6.45, 7) is 4.41. The second-order valence-electron chi connectivity index (χ2n) is 5.37. The average molecular weight is 180 g/mol. The van der Waals surface area contributed by atoms with Crippen LogP contribution in [0.1, 0.15) is 58.8 Å². The highest BCUT2D eigenvalue weighted by molar-refractivity contribution is 5.84. The fourth-order valence-corrected chi connectivity index (χ4v) is 3.17. The van der Waals surface area contributed by atoms with Crippen molar-refractivity contribution in [3.63, 3.8) is 0 Å². The van der Waals surface area contributed by atoms with Gasteiger partial charge in [-0.2, -0.15) is 0 Å². The molecule has 3 rings (SSSR count). The summed E-state index contributed by atoms with van der Waals surface area (Å²) in [5.74, 6) is 0.536. The van der Waals surface area contributed by atoms with Gasteiger partial charge >= 0.3 is 0 Å². The number of carbonyl (C=O) groups is 1. The van der Waals surface area contributed by atoms with E-state index in [-0.39, 0.29) is 5.41 Å². The Balaban J connectivity index is 2.15. The number of hydrogen-bond donors (Lipinski definition) is 0. The van der Waals surface area contributed by atoms with Gasteiger partial charge in [-0.15, -0.1) is 0 Å². The van der Waals surface area contributed by atoms with E-state index in [0.717, 1.165) is 6.42 Å². The molecule has 1 nitrogen and oxygen atoms in total. The molecule has 0 saturated heterocycles. The topological polar surface area (TPSA) is 17.1 Å². The van der Waals surface area contributed by atoms with Crippen LogP contribution in [-0.4, -0.2) is 5.78 Å². The molecule has 13 heavy (non-hydrogen) atoms. The van der Waals surface area contributed by atoms with Crippen molar-refractivity contribution in [3.05, 3.63) is 0 Å². The van der Waals surface area contributed by atoms with E-state index >= 15 is 0 Å². The van der Waals surface area contributed by atoms with Crippen LogP contribution in [-0.2, 0) is 4.79 Å². The van der Waals surface area contributed by atoms with Crippen LogP contribution in [0.5, 0.6) is 0 Å². The minimum absolute atomic E-state index is 0.131. The molecule has 0 atom stereocenters. The number of carbonyl (C=O) groups excluding carboxylic acids is 1. The zero-order chi connectivity index (χ0) is 9.53. The highest BCUT2D eigenvalue weighted by atomic mass is 16.1. The molecule has 3 aliphatic carbocycles. The lowest BCUT2D eigenvalue weighted by Crippen LogP contribution is -2.44. The van der Waals surface area contributed by atoms with Crippen molar-refractivity contribution in [1.29, 1.82) is 0 Å². The summed E-state index contributed by atoms with van der Waals surface area (Å²) >= 11 is 0. The smallest absolute Gasteiger partial charge is 0.138 e. The molecule has 3 aliphatic rings. The van der Waals surface area contributed by atoms with E-state index < -0.39 is 0 Å². The molecule has 0 aromatic heterocycles. The van der Waals surface area contributed by atoms with Crippen molar-refractivity contribution < 1.29 is 4.79 Å². The first-order valence-corrected chi connectivity index (χ1v) is 5.64. The standard InChI is InChI=1S/C12H20O/c1-3-10(13)12-7-4-11(2,5-8-12)6-9-12/h3-9H2,1-2H3. The van der Waals surface area contributed by atoms with Crippen molar-refractivity contribution >= 4 is 5.78 Å². The molecule has 0 spiro atoms. The Morgan fingerprint density at radius 1 is 1.08 bits per heavy atom. The molecule has 0 radical (unpaired) electrons. The summed E-state index contributed by atoms with van der Waals surface area (Å²) in [4.78, 5) is 11.8. The van der Waals surface area contributed by atoms with E-state index in [2.05, 4.69) is 6.92 Å². The van der Waals surface area contributed by atoms with Crippen molar-refractivity contribution in [3.8, 4) is 0 Å². The quantitative estimate of drug-likeness (QED) is 0.637. The van der Waals surface area contributed by atoms with Crippen molar-refractivity contribution in [2.24, 2.45) is 10.8 Å². The SMILES string of the molecule is CCC(=O)C12CCC(C)(CC1)CC2. The van der Waals surface area contributed by atoms with Gasteiger partial charge in [0.15, 0.2) is 0 Å². The van der Waals surface area contributed by atoms with E-state index in [0.29, 0.717) is 11.2 Å². The molecule has 1 heteroatoms. The van der Waals surface area contributed by atoms with Crippen LogP contribution in [0.15, 0.2) is 0 Å². The van der Waals surface area contributed by atoms with Gasteiger partial charge in [-0.25, -0.2) is 0 Å². The summed E-state index contributed by atoms with van der Waals surface area (Å²) in [6, 6.07) is 0. The third kappa shape index (κ3) is 1.33. The predicted molar refractivity (Wildman–Crippen MR) is 53.5 cm³/mol. The van der Waals surface area contributed by atoms with Gasteiger partial charge in [-0.3, -0.25) is 4.79 Å². The minimum atomic E-state index is 0.131. The molecule has 3 saturated carbocycles. The second-order valence-corrected chi connectivity index (χ2v) is 5.37. The van der Waals surface area contributed by atoms with E-state index in [9.17, 15) is 4.79 Å². The monoisotopic (exact) mass is 180 g/mol. The van der Waals surface area contributed by atoms with Crippen LogP contribution in [0.3, 0.4) is 0 Å². The average Bonchev–Trinajstić information content (AvgIpc) is 2.18. The number of ketones is 1. The lowest BCUT2D eigenvalue weighted by Gasteiger charge is -2.51. The van der Waals surface area contributed by atoms with Gasteiger partial charge in [0.05, 0.1) is 0 Å². The van der Waals surface area contributed by atoms with Crippen LogP contribution < -0.4 is 0 Å². The van der Waals surface area contributed by atoms with Crippen molar-refractivity contribution in [1.82, 2.24) is 0 Å². The van der Waals surface area contributed by atoms with Crippen LogP contribution >= 0.6 is 0 Å². The van der Waals surface area contributed by atoms with E-state index in [4.69, 9.17) is 0 Å². The van der Waals surface area contributed by atoms with E-state index in [1.54, 1.807) is 0 Å². The molecule has 0 heterocycles. The summed E-state index contributed by atoms with van der Waals surface area (Å²) in [7, 11) is 0. The molecule has 0 aromatic rings. The molecule has 0 amide bonds. The zero-order valence-electron chi connectivity index (χ0n) is 8.86. The first-order chi connectivity index (χ1) is 6.10. The third-order valence-corrected chi connectivity index (χ3v) is 4.53. The minimum Gasteiger partial charge on any atom is -0.299 e. The number of fused-ring (bicyclic) bond motifs is 3. The van der Waals surface area contributed by atoms with Gasteiger partial charge in [-0.1, -0.05) is 13.8 Å². The van der Waals surface area contributed by atoms with E-state index in [1.165, 1.54) is 38.5 Å². The number of Topliss-reactive ketones (excluding diaryl/α,β-unsaturated/α-hetero) is 1. The maximum absolute atomic E-state index is 11.8. The molecular weight excluding hydrogens is 160 g/mol. The Labute approximate surface area is 80.9 Å². The molecule has 2 bridgehead atoms. The Hall–Kier alpha value is -0.330. The van der Waals surface area contributed by atoms with E-state index in [1.807, 2.05) is 6.92 Å². The Bertz CT molecular complexity index is 205. The van der Waals surface area contributed by atoms with Gasteiger partial charge in [0.1, 0.15) is 5.78 Å². The lowest BCUT2D eigenvalue weighted by molar-refractivity contribution is -0.137. The van der Waals surface area contributed by atoms with Crippen LogP contribution in [0.4, 0.5) is 0 Å². The molecule has 0 aliphatic heterocycles. The highest BCUT2D eigenvalue weighted by Gasteiger charge is 2.49. The van der Waals surface area contributed by atoms with Crippen LogP contribution in [0.2, 0.25) is 0 Å². The fourth-order valence-electron chi connectivity index (χ4n) is 3.17. The van der Waals surface area contributed by atoms with Crippen molar-refractivity contribution in [2.75, 3.05) is 0 Å². The van der Waals surface area contributed by atoms with Crippen LogP contribution in [0, 0.1) is 10.8 Å². The maximum Gasteiger partial charge on any atom is 0.138 e. The second kappa shape index (κ2) is 2.83. The first-order valence-electron chi connectivity index (χ1n) is 5.64. The summed E-state index contributed by atoms with van der Waals surface area (Å²) in [6.07, 6.45) is 8.15. The van der Waals surface area contributed by atoms with Gasteiger partial charge in [0.25, 0.3) is 0 Å². The van der Waals surface area contributed by atoms with Gasteiger partial charge in [0, 0.05) is 11.8 Å². The third-order valence-electron chi connectivity index (χ3n) is 4.53. The maximum atomic E-state index is 11.8. The summed E-state index contributed by atoms with van der Waals surface area (Å²) < 4.78 is 0. The first kappa shape index (κ1) is 9.23. The number of rotatable bonds is 2. The Morgan fingerprint density at radius 2 is 1.54 bits per heavy atom. The highest BCUT2D eigenvalue weighted by Crippen LogP contribution is 2.57. The largest absolute Gasteiger partial charge is 0.299 e. The fraction of sp³-hybridized carbons (Fsp3) is 0.917. The number of hydrogen-bond acceptors (Lipinski definition) is 1. The molecular formula is C12H20O. The molecule has 74 valence electrons. The zero-order valence-corrected chi connectivity index (χ0v) is 8.86. The molecule has 3 fully saturated rings. The van der Waals surface area contributed by atoms with Gasteiger partial charge in [-0.05, 0) is 43.9 Å². The normalized spacial score (nSPS) is 43.5.